The van der Waals surface area contributed by atoms with Gasteiger partial charge in [-0.2, -0.15) is 0 Å². The van der Waals surface area contributed by atoms with Crippen LogP contribution in [-0.4, -0.2) is 42.0 Å². The van der Waals surface area contributed by atoms with Gasteiger partial charge in [0.2, 0.25) is 0 Å². The highest BCUT2D eigenvalue weighted by atomic mass is 35.5. The summed E-state index contributed by atoms with van der Waals surface area (Å²) in [5.74, 6) is -0.281. The first kappa shape index (κ1) is 16.4. The first-order valence-corrected chi connectivity index (χ1v) is 6.50. The molecule has 0 unspecified atom stereocenters. The summed E-state index contributed by atoms with van der Waals surface area (Å²) in [5, 5.41) is 10.9. The largest absolute Gasteiger partial charge is 0.383 e. The zero-order valence-electron chi connectivity index (χ0n) is 11.6. The van der Waals surface area contributed by atoms with Crippen LogP contribution in [0.4, 0.5) is 5.69 Å². The number of nitro benzene ring substituents is 1. The third-order valence-electron chi connectivity index (χ3n) is 2.81. The quantitative estimate of drug-likeness (QED) is 0.598. The van der Waals surface area contributed by atoms with Crippen molar-refractivity contribution in [1.82, 2.24) is 4.90 Å². The number of rotatable bonds is 6. The number of halogens is 1. The number of methoxy groups -OCH3 is 1. The molecule has 0 N–H and O–H groups in total. The first-order valence-electron chi connectivity index (χ1n) is 6.12. The lowest BCUT2D eigenvalue weighted by molar-refractivity contribution is -0.384. The molecule has 0 saturated heterocycles. The molecular formula is C13H17ClN2O4. The van der Waals surface area contributed by atoms with Crippen molar-refractivity contribution in [3.63, 3.8) is 0 Å². The van der Waals surface area contributed by atoms with Crippen molar-refractivity contribution in [3.05, 3.63) is 38.9 Å². The Morgan fingerprint density at radius 2 is 2.15 bits per heavy atom. The second kappa shape index (κ2) is 7.21. The normalized spacial score (nSPS) is 10.7. The minimum atomic E-state index is -0.603. The van der Waals surface area contributed by atoms with Crippen LogP contribution in [0.3, 0.4) is 0 Å². The smallest absolute Gasteiger partial charge is 0.288 e. The van der Waals surface area contributed by atoms with Crippen LogP contribution in [0.5, 0.6) is 0 Å². The van der Waals surface area contributed by atoms with Crippen LogP contribution in [0.25, 0.3) is 0 Å². The maximum atomic E-state index is 12.4. The summed E-state index contributed by atoms with van der Waals surface area (Å²) >= 11 is 5.74. The summed E-state index contributed by atoms with van der Waals surface area (Å²) in [4.78, 5) is 24.2. The average molecular weight is 301 g/mol. The minimum Gasteiger partial charge on any atom is -0.383 e. The van der Waals surface area contributed by atoms with Gasteiger partial charge in [0.25, 0.3) is 11.6 Å². The number of carbonyl (C=O) groups is 1. The van der Waals surface area contributed by atoms with E-state index in [0.29, 0.717) is 13.2 Å². The van der Waals surface area contributed by atoms with E-state index in [4.69, 9.17) is 16.3 Å². The van der Waals surface area contributed by atoms with Gasteiger partial charge in [-0.1, -0.05) is 11.6 Å². The molecule has 0 fully saturated rings. The zero-order valence-corrected chi connectivity index (χ0v) is 12.4. The van der Waals surface area contributed by atoms with E-state index in [9.17, 15) is 14.9 Å². The van der Waals surface area contributed by atoms with Crippen LogP contribution in [-0.2, 0) is 4.74 Å². The topological polar surface area (TPSA) is 72.7 Å². The monoisotopic (exact) mass is 300 g/mol. The molecule has 0 aliphatic heterocycles. The van der Waals surface area contributed by atoms with E-state index in [2.05, 4.69) is 0 Å². The lowest BCUT2D eigenvalue weighted by Crippen LogP contribution is -2.39. The predicted octanol–water partition coefficient (Wildman–Crippen LogP) is 2.75. The Kier molecular flexibility index (Phi) is 5.91. The third kappa shape index (κ3) is 3.91. The molecule has 0 aromatic heterocycles. The summed E-state index contributed by atoms with van der Waals surface area (Å²) in [7, 11) is 1.55. The minimum absolute atomic E-state index is 0.0135. The Hall–Kier alpha value is -1.66. The van der Waals surface area contributed by atoms with Crippen molar-refractivity contribution in [2.24, 2.45) is 0 Å². The second-order valence-electron chi connectivity index (χ2n) is 4.51. The number of amides is 1. The van der Waals surface area contributed by atoms with Gasteiger partial charge in [0.05, 0.1) is 11.5 Å². The first-order chi connectivity index (χ1) is 9.38. The molecule has 0 heterocycles. The van der Waals surface area contributed by atoms with Crippen LogP contribution >= 0.6 is 11.6 Å². The number of benzene rings is 1. The standard InChI is InChI=1S/C13H17ClN2O4/c1-9(2)15(6-7-20-3)13(17)10-4-5-11(14)12(8-10)16(18)19/h4-5,8-9H,6-7H2,1-3H3. The molecule has 0 saturated carbocycles. The lowest BCUT2D eigenvalue weighted by atomic mass is 10.1. The molecule has 0 atom stereocenters. The van der Waals surface area contributed by atoms with Gasteiger partial charge in [-0.25, -0.2) is 0 Å². The Morgan fingerprint density at radius 1 is 1.50 bits per heavy atom. The predicted molar refractivity (Wildman–Crippen MR) is 76.2 cm³/mol. The molecule has 110 valence electrons. The number of ether oxygens (including phenoxy) is 1. The van der Waals surface area contributed by atoms with Gasteiger partial charge in [0, 0.05) is 31.3 Å². The number of carbonyl (C=O) groups excluding carboxylic acids is 1. The summed E-state index contributed by atoms with van der Waals surface area (Å²) in [6, 6.07) is 4.02. The molecule has 20 heavy (non-hydrogen) atoms. The molecule has 0 aliphatic rings. The Bertz CT molecular complexity index is 505. The maximum absolute atomic E-state index is 12.4. The van der Waals surface area contributed by atoms with E-state index >= 15 is 0 Å². The van der Waals surface area contributed by atoms with Gasteiger partial charge in [0.1, 0.15) is 5.02 Å². The highest BCUT2D eigenvalue weighted by Gasteiger charge is 2.22. The molecule has 1 aromatic rings. The molecule has 1 aromatic carbocycles. The summed E-state index contributed by atoms with van der Waals surface area (Å²) in [6.45, 7) is 4.57. The second-order valence-corrected chi connectivity index (χ2v) is 4.92. The van der Waals surface area contributed by atoms with Gasteiger partial charge in [-0.15, -0.1) is 0 Å². The van der Waals surface area contributed by atoms with E-state index in [1.165, 1.54) is 18.2 Å². The Labute approximate surface area is 122 Å². The fraction of sp³-hybridized carbons (Fsp3) is 0.462. The number of hydrogen-bond acceptors (Lipinski definition) is 4. The van der Waals surface area contributed by atoms with Crippen molar-refractivity contribution in [3.8, 4) is 0 Å². The van der Waals surface area contributed by atoms with Crippen molar-refractivity contribution in [2.45, 2.75) is 19.9 Å². The van der Waals surface area contributed by atoms with Crippen molar-refractivity contribution in [1.29, 1.82) is 0 Å². The molecule has 0 bridgehead atoms. The van der Waals surface area contributed by atoms with Crippen LogP contribution in [0.15, 0.2) is 18.2 Å². The summed E-state index contributed by atoms with van der Waals surface area (Å²) in [6.07, 6.45) is 0. The third-order valence-corrected chi connectivity index (χ3v) is 3.13. The van der Waals surface area contributed by atoms with Gasteiger partial charge < -0.3 is 9.64 Å². The molecule has 1 amide bonds. The molecule has 0 spiro atoms. The van der Waals surface area contributed by atoms with E-state index in [-0.39, 0.29) is 28.2 Å². The zero-order chi connectivity index (χ0) is 15.3. The highest BCUT2D eigenvalue weighted by Crippen LogP contribution is 2.25. The van der Waals surface area contributed by atoms with Crippen LogP contribution in [0.2, 0.25) is 5.02 Å². The van der Waals surface area contributed by atoms with E-state index in [1.54, 1.807) is 12.0 Å². The average Bonchev–Trinajstić information content (AvgIpc) is 2.38. The summed E-state index contributed by atoms with van der Waals surface area (Å²) in [5.41, 5.74) is -0.0288. The SMILES string of the molecule is COCCN(C(=O)c1ccc(Cl)c([N+](=O)[O-])c1)C(C)C. The lowest BCUT2D eigenvalue weighted by Gasteiger charge is -2.26. The molecule has 7 heteroatoms. The van der Waals surface area contributed by atoms with Crippen molar-refractivity contribution < 1.29 is 14.5 Å². The maximum Gasteiger partial charge on any atom is 0.288 e. The van der Waals surface area contributed by atoms with E-state index in [1.807, 2.05) is 13.8 Å². The van der Waals surface area contributed by atoms with Crippen LogP contribution in [0, 0.1) is 10.1 Å². The fourth-order valence-electron chi connectivity index (χ4n) is 1.74. The van der Waals surface area contributed by atoms with Crippen LogP contribution in [0.1, 0.15) is 24.2 Å². The molecule has 0 radical (unpaired) electrons. The van der Waals surface area contributed by atoms with Gasteiger partial charge in [-0.3, -0.25) is 14.9 Å². The molecule has 1 rings (SSSR count). The number of nitro groups is 1. The molecular weight excluding hydrogens is 284 g/mol. The van der Waals surface area contributed by atoms with Crippen molar-refractivity contribution in [2.75, 3.05) is 20.3 Å². The van der Waals surface area contributed by atoms with Crippen molar-refractivity contribution >= 4 is 23.2 Å². The Balaban J connectivity index is 3.05. The van der Waals surface area contributed by atoms with Crippen LogP contribution < -0.4 is 0 Å². The summed E-state index contributed by atoms with van der Waals surface area (Å²) < 4.78 is 4.97. The number of hydrogen-bond donors (Lipinski definition) is 0. The highest BCUT2D eigenvalue weighted by molar-refractivity contribution is 6.32. The van der Waals surface area contributed by atoms with E-state index in [0.717, 1.165) is 0 Å². The van der Waals surface area contributed by atoms with Gasteiger partial charge in [0.15, 0.2) is 0 Å². The van der Waals surface area contributed by atoms with E-state index < -0.39 is 4.92 Å². The molecule has 0 aliphatic carbocycles. The van der Waals surface area contributed by atoms with Gasteiger partial charge >= 0.3 is 0 Å². The van der Waals surface area contributed by atoms with Gasteiger partial charge in [-0.05, 0) is 26.0 Å². The Morgan fingerprint density at radius 3 is 2.65 bits per heavy atom. The number of nitrogens with zero attached hydrogens (tertiary/aromatic N) is 2. The fourth-order valence-corrected chi connectivity index (χ4v) is 1.92. The molecule has 6 nitrogen and oxygen atoms in total.